The fourth-order valence-corrected chi connectivity index (χ4v) is 4.10. The standard InChI is InChI=1S/C28H21ClF4N2O2/c29-23-11-12-25(34-17-23)27(16-19-7-3-1-4-8-19,21-13-22(28(31,32)33)15-24(30)14-21)35-26(36)37-18-20-9-5-2-6-10-20/h1-15,17H,16,18H2,(H,35,36)/t27-/m0/s1. The number of carbonyl (C=O) groups excluding carboxylic acids is 1. The number of nitrogens with zero attached hydrogens (tertiary/aromatic N) is 1. The first-order valence-corrected chi connectivity index (χ1v) is 11.6. The van der Waals surface area contributed by atoms with Crippen LogP contribution in [0.2, 0.25) is 5.02 Å². The summed E-state index contributed by atoms with van der Waals surface area (Å²) in [6, 6.07) is 22.7. The van der Waals surface area contributed by atoms with E-state index >= 15 is 0 Å². The molecule has 37 heavy (non-hydrogen) atoms. The first kappa shape index (κ1) is 26.2. The third kappa shape index (κ3) is 6.46. The van der Waals surface area contributed by atoms with Crippen molar-refractivity contribution in [1.82, 2.24) is 10.3 Å². The van der Waals surface area contributed by atoms with Crippen molar-refractivity contribution in [2.45, 2.75) is 24.7 Å². The second-order valence-corrected chi connectivity index (χ2v) is 8.78. The highest BCUT2D eigenvalue weighted by molar-refractivity contribution is 6.30. The number of amides is 1. The molecule has 190 valence electrons. The summed E-state index contributed by atoms with van der Waals surface area (Å²) < 4.78 is 61.1. The average molecular weight is 529 g/mol. The Bertz CT molecular complexity index is 1350. The van der Waals surface area contributed by atoms with Crippen LogP contribution in [0.15, 0.2) is 97.2 Å². The van der Waals surface area contributed by atoms with Crippen molar-refractivity contribution in [2.24, 2.45) is 0 Å². The second-order valence-electron chi connectivity index (χ2n) is 8.34. The van der Waals surface area contributed by atoms with Crippen LogP contribution in [-0.2, 0) is 29.5 Å². The Morgan fingerprint density at radius 1 is 0.865 bits per heavy atom. The van der Waals surface area contributed by atoms with Gasteiger partial charge in [0.15, 0.2) is 0 Å². The summed E-state index contributed by atoms with van der Waals surface area (Å²) in [5, 5.41) is 2.98. The summed E-state index contributed by atoms with van der Waals surface area (Å²) in [5.74, 6) is -1.12. The monoisotopic (exact) mass is 528 g/mol. The van der Waals surface area contributed by atoms with E-state index in [0.29, 0.717) is 17.2 Å². The zero-order chi connectivity index (χ0) is 26.5. The van der Waals surface area contributed by atoms with E-state index in [0.717, 1.165) is 12.1 Å². The topological polar surface area (TPSA) is 51.2 Å². The number of halogens is 5. The van der Waals surface area contributed by atoms with Gasteiger partial charge in [0.05, 0.1) is 16.3 Å². The molecule has 1 amide bonds. The van der Waals surface area contributed by atoms with E-state index in [4.69, 9.17) is 16.3 Å². The Balaban J connectivity index is 1.85. The largest absolute Gasteiger partial charge is 0.445 e. The minimum atomic E-state index is -4.82. The van der Waals surface area contributed by atoms with Crippen molar-refractivity contribution in [3.05, 3.63) is 136 Å². The van der Waals surface area contributed by atoms with Crippen LogP contribution in [0.1, 0.15) is 27.9 Å². The van der Waals surface area contributed by atoms with E-state index in [1.165, 1.54) is 18.3 Å². The summed E-state index contributed by atoms with van der Waals surface area (Å²) in [6.07, 6.45) is -4.49. The van der Waals surface area contributed by atoms with Crippen molar-refractivity contribution in [3.63, 3.8) is 0 Å². The number of rotatable bonds is 7. The van der Waals surface area contributed by atoms with Crippen LogP contribution in [-0.4, -0.2) is 11.1 Å². The van der Waals surface area contributed by atoms with E-state index in [1.807, 2.05) is 6.07 Å². The van der Waals surface area contributed by atoms with Gasteiger partial charge in [0.2, 0.25) is 0 Å². The van der Waals surface area contributed by atoms with Crippen LogP contribution in [0.4, 0.5) is 22.4 Å². The predicted octanol–water partition coefficient (Wildman–Crippen LogP) is 7.31. The van der Waals surface area contributed by atoms with Crippen LogP contribution in [0, 0.1) is 5.82 Å². The molecular formula is C28H21ClF4N2O2. The zero-order valence-electron chi connectivity index (χ0n) is 19.3. The number of nitrogens with one attached hydrogen (secondary N) is 1. The molecule has 1 aromatic heterocycles. The molecule has 9 heteroatoms. The van der Waals surface area contributed by atoms with Gasteiger partial charge in [0.1, 0.15) is 18.0 Å². The molecule has 0 saturated heterocycles. The molecule has 0 aliphatic rings. The third-order valence-corrected chi connectivity index (χ3v) is 5.95. The third-order valence-electron chi connectivity index (χ3n) is 5.72. The fraction of sp³-hybridized carbons (Fsp3) is 0.143. The smallest absolute Gasteiger partial charge is 0.416 e. The number of carbonyl (C=O) groups is 1. The minimum Gasteiger partial charge on any atom is -0.445 e. The summed E-state index contributed by atoms with van der Waals surface area (Å²) >= 11 is 6.02. The van der Waals surface area contributed by atoms with Crippen molar-refractivity contribution in [3.8, 4) is 0 Å². The molecule has 0 aliphatic carbocycles. The molecule has 0 spiro atoms. The Labute approximate surface area is 215 Å². The molecule has 0 bridgehead atoms. The summed E-state index contributed by atoms with van der Waals surface area (Å²) in [6.45, 7) is -0.0842. The molecule has 3 aromatic carbocycles. The average Bonchev–Trinajstić information content (AvgIpc) is 2.88. The van der Waals surface area contributed by atoms with Crippen molar-refractivity contribution in [2.75, 3.05) is 0 Å². The van der Waals surface area contributed by atoms with Gasteiger partial charge in [-0.05, 0) is 47.0 Å². The van der Waals surface area contributed by atoms with Gasteiger partial charge < -0.3 is 10.1 Å². The highest BCUT2D eigenvalue weighted by Crippen LogP contribution is 2.38. The molecule has 1 N–H and O–H groups in total. The van der Waals surface area contributed by atoms with Crippen LogP contribution in [0.3, 0.4) is 0 Å². The van der Waals surface area contributed by atoms with E-state index in [-0.39, 0.29) is 29.3 Å². The number of benzene rings is 3. The molecule has 0 fully saturated rings. The maximum absolute atomic E-state index is 14.6. The minimum absolute atomic E-state index is 0.0519. The lowest BCUT2D eigenvalue weighted by Gasteiger charge is -2.35. The van der Waals surface area contributed by atoms with Gasteiger partial charge in [-0.1, -0.05) is 72.3 Å². The summed E-state index contributed by atoms with van der Waals surface area (Å²) in [7, 11) is 0. The molecule has 4 aromatic rings. The molecular weight excluding hydrogens is 508 g/mol. The SMILES string of the molecule is O=C(N[C@@](Cc1ccccc1)(c1cc(F)cc(C(F)(F)F)c1)c1ccc(Cl)cn1)OCc1ccccc1. The van der Waals surface area contributed by atoms with Crippen molar-refractivity contribution >= 4 is 17.7 Å². The van der Waals surface area contributed by atoms with Crippen LogP contribution in [0.25, 0.3) is 0 Å². The van der Waals surface area contributed by atoms with Crippen LogP contribution < -0.4 is 5.32 Å². The number of alkyl halides is 3. The van der Waals surface area contributed by atoms with Gasteiger partial charge in [0, 0.05) is 12.6 Å². The van der Waals surface area contributed by atoms with Gasteiger partial charge >= 0.3 is 12.3 Å². The van der Waals surface area contributed by atoms with Crippen LogP contribution in [0.5, 0.6) is 0 Å². The summed E-state index contributed by atoms with van der Waals surface area (Å²) in [4.78, 5) is 17.4. The molecule has 0 radical (unpaired) electrons. The molecule has 0 aliphatic heterocycles. The number of hydrogen-bond acceptors (Lipinski definition) is 3. The van der Waals surface area contributed by atoms with E-state index in [2.05, 4.69) is 10.3 Å². The first-order valence-electron chi connectivity index (χ1n) is 11.2. The Kier molecular flexibility index (Phi) is 7.78. The van der Waals surface area contributed by atoms with Gasteiger partial charge in [0.25, 0.3) is 0 Å². The molecule has 1 heterocycles. The number of alkyl carbamates (subject to hydrolysis) is 1. The molecule has 1 atom stereocenters. The zero-order valence-corrected chi connectivity index (χ0v) is 20.1. The lowest BCUT2D eigenvalue weighted by Crippen LogP contribution is -2.49. The molecule has 0 saturated carbocycles. The Morgan fingerprint density at radius 2 is 1.49 bits per heavy atom. The first-order chi connectivity index (χ1) is 17.7. The highest BCUT2D eigenvalue weighted by atomic mass is 35.5. The maximum Gasteiger partial charge on any atom is 0.416 e. The lowest BCUT2D eigenvalue weighted by atomic mass is 9.80. The van der Waals surface area contributed by atoms with Crippen LogP contribution >= 0.6 is 11.6 Å². The number of pyridine rings is 1. The van der Waals surface area contributed by atoms with E-state index in [9.17, 15) is 22.4 Å². The summed E-state index contributed by atoms with van der Waals surface area (Å²) in [5.41, 5.74) is -1.58. The quantitative estimate of drug-likeness (QED) is 0.256. The second kappa shape index (κ2) is 11.0. The number of hydrogen-bond donors (Lipinski definition) is 1. The lowest BCUT2D eigenvalue weighted by molar-refractivity contribution is -0.137. The highest BCUT2D eigenvalue weighted by Gasteiger charge is 2.41. The van der Waals surface area contributed by atoms with Gasteiger partial charge in [-0.25, -0.2) is 9.18 Å². The Hall–Kier alpha value is -3.91. The molecule has 4 nitrogen and oxygen atoms in total. The normalized spacial score (nSPS) is 13.0. The van der Waals surface area contributed by atoms with Gasteiger partial charge in [-0.15, -0.1) is 0 Å². The van der Waals surface area contributed by atoms with Gasteiger partial charge in [-0.2, -0.15) is 13.2 Å². The van der Waals surface area contributed by atoms with Gasteiger partial charge in [-0.3, -0.25) is 4.98 Å². The van der Waals surface area contributed by atoms with E-state index < -0.39 is 29.2 Å². The fourth-order valence-electron chi connectivity index (χ4n) is 3.98. The molecule has 0 unspecified atom stereocenters. The van der Waals surface area contributed by atoms with Crippen molar-refractivity contribution in [1.29, 1.82) is 0 Å². The van der Waals surface area contributed by atoms with E-state index in [1.54, 1.807) is 54.6 Å². The molecule has 4 rings (SSSR count). The Morgan fingerprint density at radius 3 is 2.08 bits per heavy atom. The predicted molar refractivity (Wildman–Crippen MR) is 131 cm³/mol. The maximum atomic E-state index is 14.6. The number of ether oxygens (including phenoxy) is 1. The van der Waals surface area contributed by atoms with Crippen molar-refractivity contribution < 1.29 is 27.1 Å². The number of aromatic nitrogens is 1.